The van der Waals surface area contributed by atoms with Crippen molar-refractivity contribution in [2.75, 3.05) is 0 Å². The number of benzene rings is 2. The molecule has 0 bridgehead atoms. The second kappa shape index (κ2) is 10.4. The topological polar surface area (TPSA) is 85.4 Å². The monoisotopic (exact) mass is 432 g/mol. The van der Waals surface area contributed by atoms with Crippen molar-refractivity contribution in [3.8, 4) is 16.9 Å². The van der Waals surface area contributed by atoms with Gasteiger partial charge in [-0.05, 0) is 60.6 Å². The van der Waals surface area contributed by atoms with Gasteiger partial charge >= 0.3 is 5.97 Å². The summed E-state index contributed by atoms with van der Waals surface area (Å²) in [7, 11) is 0. The van der Waals surface area contributed by atoms with E-state index in [2.05, 4.69) is 45.0 Å². The van der Waals surface area contributed by atoms with E-state index >= 15 is 0 Å². The van der Waals surface area contributed by atoms with E-state index in [9.17, 15) is 4.79 Å². The molecule has 0 amide bonds. The van der Waals surface area contributed by atoms with Crippen LogP contribution in [0.1, 0.15) is 47.5 Å². The van der Waals surface area contributed by atoms with Crippen LogP contribution >= 0.6 is 0 Å². The van der Waals surface area contributed by atoms with Crippen LogP contribution in [0.5, 0.6) is 5.75 Å². The van der Waals surface area contributed by atoms with Crippen molar-refractivity contribution in [3.05, 3.63) is 82.2 Å². The number of hydrogen-bond donors (Lipinski definition) is 2. The number of pyridine rings is 1. The standard InChI is InChI=1S/C27H32N2O3/c1-17(2)13-25-23(15-28)27(21-9-5-18(3)6-10-21)24(19(4)29-25)16-32-22-11-7-20(8-12-22)14-26(30)31/h5-12,17H,13-16,28H2,1-4H3,(H,30,31). The Morgan fingerprint density at radius 2 is 1.69 bits per heavy atom. The zero-order valence-electron chi connectivity index (χ0n) is 19.3. The van der Waals surface area contributed by atoms with Crippen molar-refractivity contribution in [1.82, 2.24) is 4.98 Å². The maximum atomic E-state index is 10.9. The molecule has 0 aliphatic carbocycles. The highest BCUT2D eigenvalue weighted by molar-refractivity contribution is 5.73. The van der Waals surface area contributed by atoms with Crippen LogP contribution in [-0.2, 0) is 30.8 Å². The van der Waals surface area contributed by atoms with Gasteiger partial charge in [-0.3, -0.25) is 9.78 Å². The van der Waals surface area contributed by atoms with Gasteiger partial charge in [0.05, 0.1) is 6.42 Å². The van der Waals surface area contributed by atoms with Crippen LogP contribution in [0.3, 0.4) is 0 Å². The number of hydrogen-bond acceptors (Lipinski definition) is 4. The normalized spacial score (nSPS) is 11.1. The molecule has 2 aromatic carbocycles. The molecule has 0 aliphatic rings. The lowest BCUT2D eigenvalue weighted by Gasteiger charge is -2.21. The average molecular weight is 433 g/mol. The Morgan fingerprint density at radius 3 is 2.25 bits per heavy atom. The SMILES string of the molecule is Cc1ccc(-c2c(COc3ccc(CC(=O)O)cc3)c(C)nc(CC(C)C)c2CN)cc1. The summed E-state index contributed by atoms with van der Waals surface area (Å²) in [5, 5.41) is 8.95. The van der Waals surface area contributed by atoms with Gasteiger partial charge in [0.25, 0.3) is 0 Å². The molecule has 1 heterocycles. The van der Waals surface area contributed by atoms with E-state index < -0.39 is 5.97 Å². The zero-order valence-corrected chi connectivity index (χ0v) is 19.3. The van der Waals surface area contributed by atoms with Crippen LogP contribution < -0.4 is 10.5 Å². The Bertz CT molecular complexity index is 1070. The second-order valence-electron chi connectivity index (χ2n) is 8.65. The molecular weight excluding hydrogens is 400 g/mol. The first-order valence-electron chi connectivity index (χ1n) is 11.0. The Labute approximate surface area is 190 Å². The summed E-state index contributed by atoms with van der Waals surface area (Å²) in [5.41, 5.74) is 14.5. The van der Waals surface area contributed by atoms with Crippen LogP contribution in [0.4, 0.5) is 0 Å². The first-order valence-corrected chi connectivity index (χ1v) is 11.0. The van der Waals surface area contributed by atoms with Gasteiger partial charge in [0, 0.05) is 23.5 Å². The first kappa shape index (κ1) is 23.5. The smallest absolute Gasteiger partial charge is 0.307 e. The lowest BCUT2D eigenvalue weighted by molar-refractivity contribution is -0.136. The molecule has 3 N–H and O–H groups in total. The molecule has 0 aliphatic heterocycles. The molecule has 0 saturated carbocycles. The van der Waals surface area contributed by atoms with Gasteiger partial charge in [0.2, 0.25) is 0 Å². The highest BCUT2D eigenvalue weighted by Crippen LogP contribution is 2.33. The van der Waals surface area contributed by atoms with Gasteiger partial charge < -0.3 is 15.6 Å². The predicted octanol–water partition coefficient (Wildman–Crippen LogP) is 5.23. The number of carbonyl (C=O) groups is 1. The van der Waals surface area contributed by atoms with Crippen LogP contribution in [0.15, 0.2) is 48.5 Å². The maximum Gasteiger partial charge on any atom is 0.307 e. The third-order valence-corrected chi connectivity index (χ3v) is 5.50. The molecule has 32 heavy (non-hydrogen) atoms. The van der Waals surface area contributed by atoms with Gasteiger partial charge in [0.15, 0.2) is 0 Å². The van der Waals surface area contributed by atoms with Gasteiger partial charge in [-0.25, -0.2) is 0 Å². The summed E-state index contributed by atoms with van der Waals surface area (Å²) in [6.45, 7) is 9.25. The Hall–Kier alpha value is -3.18. The van der Waals surface area contributed by atoms with Gasteiger partial charge in [-0.1, -0.05) is 55.8 Å². The molecule has 5 heteroatoms. The molecule has 0 spiro atoms. The van der Waals surface area contributed by atoms with Crippen molar-refractivity contribution in [3.63, 3.8) is 0 Å². The Morgan fingerprint density at radius 1 is 1.03 bits per heavy atom. The van der Waals surface area contributed by atoms with Crippen LogP contribution in [0.2, 0.25) is 0 Å². The number of rotatable bonds is 9. The van der Waals surface area contributed by atoms with Crippen molar-refractivity contribution >= 4 is 5.97 Å². The minimum Gasteiger partial charge on any atom is -0.489 e. The van der Waals surface area contributed by atoms with Crippen molar-refractivity contribution in [2.45, 2.75) is 53.7 Å². The third kappa shape index (κ3) is 5.74. The predicted molar refractivity (Wildman–Crippen MR) is 128 cm³/mol. The van der Waals surface area contributed by atoms with Crippen molar-refractivity contribution in [1.29, 1.82) is 0 Å². The molecule has 0 atom stereocenters. The van der Waals surface area contributed by atoms with E-state index in [1.54, 1.807) is 12.1 Å². The van der Waals surface area contributed by atoms with E-state index in [1.165, 1.54) is 5.56 Å². The van der Waals surface area contributed by atoms with E-state index in [-0.39, 0.29) is 6.42 Å². The number of carboxylic acids is 1. The second-order valence-corrected chi connectivity index (χ2v) is 8.65. The molecule has 168 valence electrons. The fourth-order valence-corrected chi connectivity index (χ4v) is 3.90. The number of nitrogens with zero attached hydrogens (tertiary/aromatic N) is 1. The molecule has 0 unspecified atom stereocenters. The summed E-state index contributed by atoms with van der Waals surface area (Å²) < 4.78 is 6.11. The summed E-state index contributed by atoms with van der Waals surface area (Å²) in [4.78, 5) is 15.8. The number of carboxylic acid groups (broad SMARTS) is 1. The highest BCUT2D eigenvalue weighted by atomic mass is 16.5. The minimum atomic E-state index is -0.848. The molecule has 1 aromatic heterocycles. The lowest BCUT2D eigenvalue weighted by atomic mass is 9.90. The number of nitrogens with two attached hydrogens (primary N) is 1. The highest BCUT2D eigenvalue weighted by Gasteiger charge is 2.19. The number of aromatic nitrogens is 1. The molecule has 3 rings (SSSR count). The Balaban J connectivity index is 2.00. The largest absolute Gasteiger partial charge is 0.489 e. The molecule has 0 radical (unpaired) electrons. The van der Waals surface area contributed by atoms with Gasteiger partial charge in [0.1, 0.15) is 12.4 Å². The van der Waals surface area contributed by atoms with Crippen LogP contribution in [0.25, 0.3) is 11.1 Å². The Kier molecular flexibility index (Phi) is 7.65. The third-order valence-electron chi connectivity index (χ3n) is 5.50. The first-order chi connectivity index (χ1) is 15.3. The minimum absolute atomic E-state index is 0.00193. The lowest BCUT2D eigenvalue weighted by Crippen LogP contribution is -2.14. The quantitative estimate of drug-likeness (QED) is 0.484. The number of aryl methyl sites for hydroxylation is 2. The molecule has 3 aromatic rings. The van der Waals surface area contributed by atoms with E-state index in [4.69, 9.17) is 20.6 Å². The summed E-state index contributed by atoms with van der Waals surface area (Å²) >= 11 is 0. The van der Waals surface area contributed by atoms with Gasteiger partial charge in [-0.15, -0.1) is 0 Å². The molecular formula is C27H32N2O3. The average Bonchev–Trinajstić information content (AvgIpc) is 2.73. The van der Waals surface area contributed by atoms with Crippen molar-refractivity contribution < 1.29 is 14.6 Å². The zero-order chi connectivity index (χ0) is 23.3. The fourth-order valence-electron chi connectivity index (χ4n) is 3.90. The van der Waals surface area contributed by atoms with E-state index in [1.807, 2.05) is 19.1 Å². The number of aliphatic carboxylic acids is 1. The van der Waals surface area contributed by atoms with Crippen LogP contribution in [0, 0.1) is 19.8 Å². The molecule has 0 saturated heterocycles. The van der Waals surface area contributed by atoms with Crippen LogP contribution in [-0.4, -0.2) is 16.1 Å². The van der Waals surface area contributed by atoms with E-state index in [0.717, 1.165) is 45.6 Å². The van der Waals surface area contributed by atoms with E-state index in [0.29, 0.717) is 24.8 Å². The summed E-state index contributed by atoms with van der Waals surface area (Å²) in [5.74, 6) is 0.317. The summed E-state index contributed by atoms with van der Waals surface area (Å²) in [6.07, 6.45) is 0.871. The fraction of sp³-hybridized carbons (Fsp3) is 0.333. The van der Waals surface area contributed by atoms with Gasteiger partial charge in [-0.2, -0.15) is 0 Å². The summed E-state index contributed by atoms with van der Waals surface area (Å²) in [6, 6.07) is 15.7. The molecule has 5 nitrogen and oxygen atoms in total. The molecule has 0 fully saturated rings. The number of ether oxygens (including phenoxy) is 1. The van der Waals surface area contributed by atoms with Crippen molar-refractivity contribution in [2.24, 2.45) is 11.7 Å². The maximum absolute atomic E-state index is 10.9.